The number of fused-ring (bicyclic) bond motifs is 2. The van der Waals surface area contributed by atoms with E-state index in [9.17, 15) is 31.2 Å². The van der Waals surface area contributed by atoms with E-state index >= 15 is 0 Å². The number of nitrogens with zero attached hydrogens (tertiary/aromatic N) is 3. The average Bonchev–Trinajstić information content (AvgIpc) is 3.61. The van der Waals surface area contributed by atoms with Gasteiger partial charge < -0.3 is 20.5 Å². The van der Waals surface area contributed by atoms with Crippen molar-refractivity contribution >= 4 is 43.3 Å². The van der Waals surface area contributed by atoms with Gasteiger partial charge in [-0.2, -0.15) is 4.31 Å². The van der Waals surface area contributed by atoms with E-state index in [-0.39, 0.29) is 55.8 Å². The van der Waals surface area contributed by atoms with Gasteiger partial charge in [0.15, 0.2) is 0 Å². The molecule has 3 aliphatic rings. The topological polar surface area (TPSA) is 179 Å². The van der Waals surface area contributed by atoms with Crippen molar-refractivity contribution in [2.24, 2.45) is 16.7 Å². The summed E-state index contributed by atoms with van der Waals surface area (Å²) >= 11 is 0. The van der Waals surface area contributed by atoms with Gasteiger partial charge in [0.2, 0.25) is 27.7 Å². The summed E-state index contributed by atoms with van der Waals surface area (Å²) in [6.45, 7) is 6.14. The van der Waals surface area contributed by atoms with Crippen LogP contribution in [-0.4, -0.2) is 98.3 Å². The number of para-hydroxylation sites is 1. The Morgan fingerprint density at radius 2 is 1.89 bits per heavy atom. The summed E-state index contributed by atoms with van der Waals surface area (Å²) in [4.78, 5) is 48.1. The van der Waals surface area contributed by atoms with Crippen LogP contribution in [0.5, 0.6) is 0 Å². The molecule has 15 heteroatoms. The van der Waals surface area contributed by atoms with E-state index < -0.39 is 54.6 Å². The smallest absolute Gasteiger partial charge is 0.242 e. The highest BCUT2D eigenvalue weighted by molar-refractivity contribution is 7.90. The van der Waals surface area contributed by atoms with Crippen molar-refractivity contribution in [2.75, 3.05) is 42.3 Å². The van der Waals surface area contributed by atoms with E-state index in [2.05, 4.69) is 20.6 Å². The molecule has 1 saturated heterocycles. The molecule has 4 atom stereocenters. The third kappa shape index (κ3) is 6.86. The average molecular weight is 677 g/mol. The van der Waals surface area contributed by atoms with Gasteiger partial charge in [-0.3, -0.25) is 14.4 Å². The molecule has 252 valence electrons. The van der Waals surface area contributed by atoms with Crippen LogP contribution < -0.4 is 15.5 Å². The highest BCUT2D eigenvalue weighted by Crippen LogP contribution is 2.66. The Hall–Kier alpha value is -3.30. The Morgan fingerprint density at radius 3 is 2.52 bits per heavy atom. The van der Waals surface area contributed by atoms with Gasteiger partial charge in [-0.15, -0.1) is 0 Å². The third-order valence-electron chi connectivity index (χ3n) is 10.5. The maximum absolute atomic E-state index is 14.1. The van der Waals surface area contributed by atoms with Crippen LogP contribution in [0.15, 0.2) is 36.8 Å². The van der Waals surface area contributed by atoms with Crippen molar-refractivity contribution in [1.29, 1.82) is 0 Å². The molecule has 3 amide bonds. The summed E-state index contributed by atoms with van der Waals surface area (Å²) in [5.74, 6) is -1.69. The van der Waals surface area contributed by atoms with Crippen LogP contribution in [0.3, 0.4) is 0 Å². The van der Waals surface area contributed by atoms with Crippen LogP contribution >= 0.6 is 0 Å². The van der Waals surface area contributed by atoms with Gasteiger partial charge in [-0.1, -0.05) is 32.0 Å². The molecule has 13 nitrogen and oxygen atoms in total. The van der Waals surface area contributed by atoms with Gasteiger partial charge in [0.1, 0.15) is 15.9 Å². The Bertz CT molecular complexity index is 1690. The predicted octanol–water partition coefficient (Wildman–Crippen LogP) is 1.17. The highest BCUT2D eigenvalue weighted by atomic mass is 32.2. The number of hydrogen-bond donors (Lipinski definition) is 3. The zero-order chi connectivity index (χ0) is 33.5. The minimum Gasteiger partial charge on any atom is -0.351 e. The molecule has 1 aromatic heterocycles. The first-order valence-electron chi connectivity index (χ1n) is 15.6. The Morgan fingerprint density at radius 1 is 1.15 bits per heavy atom. The van der Waals surface area contributed by atoms with Crippen molar-refractivity contribution in [2.45, 2.75) is 65.0 Å². The second-order valence-corrected chi connectivity index (χ2v) is 17.9. The number of rotatable bonds is 12. The first-order chi connectivity index (χ1) is 21.5. The first-order valence-corrected chi connectivity index (χ1v) is 19.3. The Kier molecular flexibility index (Phi) is 9.41. The highest BCUT2D eigenvalue weighted by Gasteiger charge is 2.66. The fourth-order valence-electron chi connectivity index (χ4n) is 7.72. The van der Waals surface area contributed by atoms with Crippen molar-refractivity contribution < 1.29 is 31.2 Å². The number of hydrogen-bond acceptors (Lipinski definition) is 8. The molecule has 0 unspecified atom stereocenters. The van der Waals surface area contributed by atoms with Gasteiger partial charge in [0.25, 0.3) is 0 Å². The number of imidazole rings is 1. The number of H-pyrrole nitrogens is 1. The molecule has 1 aliphatic heterocycles. The number of carbonyl (C=O) groups is 3. The van der Waals surface area contributed by atoms with E-state index in [1.807, 2.05) is 45.0 Å². The van der Waals surface area contributed by atoms with Gasteiger partial charge in [-0.05, 0) is 55.6 Å². The molecule has 5 rings (SSSR count). The fourth-order valence-corrected chi connectivity index (χ4v) is 10.6. The number of aromatic amines is 1. The third-order valence-corrected chi connectivity index (χ3v) is 13.5. The monoisotopic (exact) mass is 676 g/mol. The summed E-state index contributed by atoms with van der Waals surface area (Å²) in [5.41, 5.74) is 0.989. The normalized spacial score (nSPS) is 25.4. The van der Waals surface area contributed by atoms with Gasteiger partial charge in [0.05, 0.1) is 30.8 Å². The summed E-state index contributed by atoms with van der Waals surface area (Å²) < 4.78 is 53.3. The summed E-state index contributed by atoms with van der Waals surface area (Å²) in [7, 11) is -7.35. The Labute approximate surface area is 270 Å². The molecule has 2 aliphatic carbocycles. The lowest BCUT2D eigenvalue weighted by Gasteiger charge is -2.44. The molecule has 3 N–H and O–H groups in total. The first kappa shape index (κ1) is 34.0. The molecule has 2 aromatic rings. The lowest BCUT2D eigenvalue weighted by atomic mass is 9.69. The second-order valence-electron chi connectivity index (χ2n) is 13.6. The van der Waals surface area contributed by atoms with E-state index in [0.29, 0.717) is 18.5 Å². The Balaban J connectivity index is 1.32. The quantitative estimate of drug-likeness (QED) is 0.300. The molecule has 46 heavy (non-hydrogen) atoms. The van der Waals surface area contributed by atoms with Crippen LogP contribution in [0.1, 0.15) is 50.8 Å². The number of benzene rings is 1. The SMILES string of the molecule is Cc1ccccc1N1CCN(S(=O)(=O)C[C@]23CC[C@@H](C[C@@H]2NC(=O)[C@@H](CCS(C)(=O)=O)NC(=O)Cc2cnc[nH]2)C3(C)C)CC1=O. The number of aryl methyl sites for hydroxylation is 1. The summed E-state index contributed by atoms with van der Waals surface area (Å²) in [6, 6.07) is 5.85. The number of carbonyl (C=O) groups excluding carboxylic acids is 3. The van der Waals surface area contributed by atoms with Gasteiger partial charge >= 0.3 is 0 Å². The standard InChI is InChI=1S/C31H44N6O7S2/c1-21-7-5-6-8-25(21)37-13-12-36(18-28(37)39)46(43,44)19-31-11-9-22(30(31,2)3)15-26(31)35-29(40)24(10-14-45(4,41)42)34-27(38)16-23-17-32-20-33-23/h5-8,17,20,22,24,26H,9-16,18-19H2,1-4H3,(H,32,33)(H,34,38)(H,35,40)/t22-,24+,26-,31+/m0/s1. The molecule has 2 heterocycles. The molecular formula is C31H44N6O7S2. The zero-order valence-corrected chi connectivity index (χ0v) is 28.4. The van der Waals surface area contributed by atoms with Crippen molar-refractivity contribution in [1.82, 2.24) is 24.9 Å². The van der Waals surface area contributed by atoms with Crippen molar-refractivity contribution in [3.63, 3.8) is 0 Å². The minimum absolute atomic E-state index is 0.0702. The van der Waals surface area contributed by atoms with Crippen LogP contribution in [0, 0.1) is 23.7 Å². The maximum atomic E-state index is 14.1. The molecule has 0 radical (unpaired) electrons. The van der Waals surface area contributed by atoms with Crippen LogP contribution in [0.2, 0.25) is 0 Å². The number of aromatic nitrogens is 2. The molecule has 0 spiro atoms. The zero-order valence-electron chi connectivity index (χ0n) is 26.8. The number of anilines is 1. The van der Waals surface area contributed by atoms with Gasteiger partial charge in [-0.25, -0.2) is 21.8 Å². The lowest BCUT2D eigenvalue weighted by molar-refractivity contribution is -0.129. The minimum atomic E-state index is -3.92. The summed E-state index contributed by atoms with van der Waals surface area (Å²) in [6.07, 6.45) is 5.74. The molecule has 2 saturated carbocycles. The largest absolute Gasteiger partial charge is 0.351 e. The number of amides is 3. The van der Waals surface area contributed by atoms with Crippen molar-refractivity contribution in [3.8, 4) is 0 Å². The van der Waals surface area contributed by atoms with E-state index in [0.717, 1.165) is 23.9 Å². The molecule has 3 fully saturated rings. The number of sulfone groups is 1. The number of piperazine rings is 1. The second kappa shape index (κ2) is 12.7. The van der Waals surface area contributed by atoms with E-state index in [4.69, 9.17) is 0 Å². The van der Waals surface area contributed by atoms with Crippen LogP contribution in [0.4, 0.5) is 5.69 Å². The predicted molar refractivity (Wildman–Crippen MR) is 173 cm³/mol. The van der Waals surface area contributed by atoms with Crippen LogP contribution in [0.25, 0.3) is 0 Å². The maximum Gasteiger partial charge on any atom is 0.242 e. The molecule has 1 aromatic carbocycles. The fraction of sp³-hybridized carbons (Fsp3) is 0.613. The number of nitrogens with one attached hydrogen (secondary N) is 3. The lowest BCUT2D eigenvalue weighted by Crippen LogP contribution is -2.59. The van der Waals surface area contributed by atoms with E-state index in [1.165, 1.54) is 16.8 Å². The summed E-state index contributed by atoms with van der Waals surface area (Å²) in [5, 5.41) is 5.72. The van der Waals surface area contributed by atoms with Gasteiger partial charge in [0, 0.05) is 48.4 Å². The van der Waals surface area contributed by atoms with Crippen LogP contribution in [-0.2, 0) is 40.7 Å². The van der Waals surface area contributed by atoms with E-state index in [1.54, 1.807) is 4.90 Å². The van der Waals surface area contributed by atoms with Crippen molar-refractivity contribution in [3.05, 3.63) is 48.0 Å². The molecular weight excluding hydrogens is 633 g/mol. The number of sulfonamides is 1. The molecule has 2 bridgehead atoms.